The van der Waals surface area contributed by atoms with Gasteiger partial charge < -0.3 is 5.32 Å². The zero-order chi connectivity index (χ0) is 14.7. The summed E-state index contributed by atoms with van der Waals surface area (Å²) in [6, 6.07) is -0.258. The van der Waals surface area contributed by atoms with Crippen molar-refractivity contribution in [1.29, 1.82) is 0 Å². The third kappa shape index (κ3) is 2.98. The Kier molecular flexibility index (Phi) is 4.07. The van der Waals surface area contributed by atoms with Crippen molar-refractivity contribution >= 4 is 5.91 Å². The molecular formula is C13H18N6O. The van der Waals surface area contributed by atoms with E-state index in [-0.39, 0.29) is 17.9 Å². The monoisotopic (exact) mass is 274 g/mol. The molecule has 0 aromatic carbocycles. The highest BCUT2D eigenvalue weighted by molar-refractivity contribution is 5.95. The highest BCUT2D eigenvalue weighted by atomic mass is 16.1. The molecule has 7 heteroatoms. The highest BCUT2D eigenvalue weighted by Gasteiger charge is 2.19. The summed E-state index contributed by atoms with van der Waals surface area (Å²) in [5, 5.41) is 9.36. The second-order valence-corrected chi connectivity index (χ2v) is 4.94. The van der Waals surface area contributed by atoms with E-state index < -0.39 is 0 Å². The summed E-state index contributed by atoms with van der Waals surface area (Å²) in [6.07, 6.45) is 2.98. The van der Waals surface area contributed by atoms with E-state index in [2.05, 4.69) is 30.5 Å². The Morgan fingerprint density at radius 3 is 2.65 bits per heavy atom. The van der Waals surface area contributed by atoms with Crippen LogP contribution in [0.25, 0.3) is 0 Å². The molecule has 2 rings (SSSR count). The summed E-state index contributed by atoms with van der Waals surface area (Å²) in [7, 11) is 0. The molecule has 2 heterocycles. The van der Waals surface area contributed by atoms with Crippen LogP contribution in [-0.2, 0) is 0 Å². The molecule has 2 N–H and O–H groups in total. The molecule has 0 saturated carbocycles. The standard InChI is InChI=1S/C13H18N6O/c1-7(2)11-10(5-14-9(4)18-11)13(20)17-8(3)12-15-6-16-19-12/h5-8H,1-4H3,(H,17,20)(H,15,16,19). The molecule has 0 saturated heterocycles. The number of aryl methyl sites for hydroxylation is 1. The van der Waals surface area contributed by atoms with Crippen LogP contribution >= 0.6 is 0 Å². The summed E-state index contributed by atoms with van der Waals surface area (Å²) in [4.78, 5) is 24.8. The van der Waals surface area contributed by atoms with E-state index in [0.717, 1.165) is 5.69 Å². The summed E-state index contributed by atoms with van der Waals surface area (Å²) in [5.74, 6) is 1.21. The van der Waals surface area contributed by atoms with Gasteiger partial charge >= 0.3 is 0 Å². The highest BCUT2D eigenvalue weighted by Crippen LogP contribution is 2.17. The topological polar surface area (TPSA) is 96.5 Å². The number of nitrogens with zero attached hydrogens (tertiary/aromatic N) is 4. The van der Waals surface area contributed by atoms with Crippen molar-refractivity contribution < 1.29 is 4.79 Å². The lowest BCUT2D eigenvalue weighted by atomic mass is 10.0. The normalized spacial score (nSPS) is 12.4. The maximum Gasteiger partial charge on any atom is 0.255 e. The van der Waals surface area contributed by atoms with E-state index >= 15 is 0 Å². The van der Waals surface area contributed by atoms with E-state index in [1.54, 1.807) is 6.20 Å². The zero-order valence-electron chi connectivity index (χ0n) is 12.0. The first-order valence-electron chi connectivity index (χ1n) is 6.48. The predicted molar refractivity (Wildman–Crippen MR) is 73.1 cm³/mol. The molecule has 0 radical (unpaired) electrons. The number of amides is 1. The average molecular weight is 274 g/mol. The molecule has 1 unspecified atom stereocenters. The maximum absolute atomic E-state index is 12.3. The molecule has 106 valence electrons. The zero-order valence-corrected chi connectivity index (χ0v) is 12.0. The molecule has 0 aliphatic carbocycles. The predicted octanol–water partition coefficient (Wildman–Crippen LogP) is 1.52. The molecule has 2 aromatic heterocycles. The number of aromatic amines is 1. The summed E-state index contributed by atoms with van der Waals surface area (Å²) in [6.45, 7) is 7.64. The molecule has 0 aliphatic heterocycles. The molecule has 20 heavy (non-hydrogen) atoms. The fraction of sp³-hybridized carbons (Fsp3) is 0.462. The molecule has 7 nitrogen and oxygen atoms in total. The van der Waals surface area contributed by atoms with Crippen LogP contribution in [0.4, 0.5) is 0 Å². The molecule has 2 aromatic rings. The Labute approximate surface area is 117 Å². The number of H-pyrrole nitrogens is 1. The molecule has 0 aliphatic rings. The van der Waals surface area contributed by atoms with Crippen molar-refractivity contribution in [1.82, 2.24) is 30.5 Å². The fourth-order valence-corrected chi connectivity index (χ4v) is 1.87. The lowest BCUT2D eigenvalue weighted by Crippen LogP contribution is -2.29. The van der Waals surface area contributed by atoms with E-state index in [9.17, 15) is 4.79 Å². The number of aromatic nitrogens is 5. The van der Waals surface area contributed by atoms with E-state index in [1.165, 1.54) is 6.33 Å². The van der Waals surface area contributed by atoms with Crippen molar-refractivity contribution in [3.8, 4) is 0 Å². The Morgan fingerprint density at radius 2 is 2.05 bits per heavy atom. The van der Waals surface area contributed by atoms with Crippen LogP contribution in [0.3, 0.4) is 0 Å². The molecule has 0 bridgehead atoms. The number of carbonyl (C=O) groups excluding carboxylic acids is 1. The SMILES string of the molecule is Cc1ncc(C(=O)NC(C)c2ncn[nH]2)c(C(C)C)n1. The van der Waals surface area contributed by atoms with Crippen LogP contribution in [0.2, 0.25) is 0 Å². The van der Waals surface area contributed by atoms with Crippen LogP contribution in [0, 0.1) is 6.92 Å². The molecule has 1 amide bonds. The van der Waals surface area contributed by atoms with Gasteiger partial charge in [0.15, 0.2) is 0 Å². The first kappa shape index (κ1) is 14.1. The largest absolute Gasteiger partial charge is 0.342 e. The summed E-state index contributed by atoms with van der Waals surface area (Å²) < 4.78 is 0. The smallest absolute Gasteiger partial charge is 0.255 e. The second kappa shape index (κ2) is 5.77. The van der Waals surface area contributed by atoms with Gasteiger partial charge in [0.2, 0.25) is 0 Å². The third-order valence-corrected chi connectivity index (χ3v) is 2.92. The van der Waals surface area contributed by atoms with E-state index in [4.69, 9.17) is 0 Å². The van der Waals surface area contributed by atoms with Gasteiger partial charge in [0, 0.05) is 6.20 Å². The van der Waals surface area contributed by atoms with Crippen LogP contribution in [0.15, 0.2) is 12.5 Å². The van der Waals surface area contributed by atoms with Gasteiger partial charge in [-0.15, -0.1) is 0 Å². The number of rotatable bonds is 4. The number of hydrogen-bond acceptors (Lipinski definition) is 5. The van der Waals surface area contributed by atoms with Gasteiger partial charge in [0.1, 0.15) is 18.0 Å². The third-order valence-electron chi connectivity index (χ3n) is 2.92. The van der Waals surface area contributed by atoms with Crippen LogP contribution < -0.4 is 5.32 Å². The van der Waals surface area contributed by atoms with E-state index in [0.29, 0.717) is 17.2 Å². The first-order chi connectivity index (χ1) is 9.49. The van der Waals surface area contributed by atoms with Gasteiger partial charge in [-0.1, -0.05) is 13.8 Å². The number of nitrogens with one attached hydrogen (secondary N) is 2. The summed E-state index contributed by atoms with van der Waals surface area (Å²) >= 11 is 0. The van der Waals surface area contributed by atoms with Gasteiger partial charge in [-0.3, -0.25) is 9.89 Å². The molecular weight excluding hydrogens is 256 g/mol. The van der Waals surface area contributed by atoms with Crippen molar-refractivity contribution in [3.05, 3.63) is 35.4 Å². The minimum Gasteiger partial charge on any atom is -0.342 e. The van der Waals surface area contributed by atoms with Crippen molar-refractivity contribution in [3.63, 3.8) is 0 Å². The van der Waals surface area contributed by atoms with Crippen molar-refractivity contribution in [2.75, 3.05) is 0 Å². The minimum atomic E-state index is -0.258. The lowest BCUT2D eigenvalue weighted by molar-refractivity contribution is 0.0936. The van der Waals surface area contributed by atoms with E-state index in [1.807, 2.05) is 27.7 Å². The Morgan fingerprint density at radius 1 is 1.30 bits per heavy atom. The van der Waals surface area contributed by atoms with Crippen molar-refractivity contribution in [2.45, 2.75) is 39.7 Å². The average Bonchev–Trinajstić information content (AvgIpc) is 2.92. The molecule has 0 fully saturated rings. The summed E-state index contributed by atoms with van der Waals surface area (Å²) in [5.41, 5.74) is 1.25. The van der Waals surface area contributed by atoms with Crippen LogP contribution in [0.5, 0.6) is 0 Å². The molecule has 0 spiro atoms. The fourth-order valence-electron chi connectivity index (χ4n) is 1.87. The lowest BCUT2D eigenvalue weighted by Gasteiger charge is -2.14. The number of hydrogen-bond donors (Lipinski definition) is 2. The first-order valence-corrected chi connectivity index (χ1v) is 6.48. The van der Waals surface area contributed by atoms with Crippen molar-refractivity contribution in [2.24, 2.45) is 0 Å². The van der Waals surface area contributed by atoms with Crippen LogP contribution in [0.1, 0.15) is 60.4 Å². The Balaban J connectivity index is 2.21. The Hall–Kier alpha value is -2.31. The van der Waals surface area contributed by atoms with Crippen LogP contribution in [-0.4, -0.2) is 31.1 Å². The van der Waals surface area contributed by atoms with Gasteiger partial charge in [-0.05, 0) is 19.8 Å². The van der Waals surface area contributed by atoms with Gasteiger partial charge in [-0.2, -0.15) is 5.10 Å². The Bertz CT molecular complexity index is 593. The molecule has 1 atom stereocenters. The van der Waals surface area contributed by atoms with Gasteiger partial charge in [0.05, 0.1) is 17.3 Å². The van der Waals surface area contributed by atoms with Gasteiger partial charge in [0.25, 0.3) is 5.91 Å². The quantitative estimate of drug-likeness (QED) is 0.881. The minimum absolute atomic E-state index is 0.151. The maximum atomic E-state index is 12.3. The van der Waals surface area contributed by atoms with Gasteiger partial charge in [-0.25, -0.2) is 15.0 Å². The second-order valence-electron chi connectivity index (χ2n) is 4.94. The number of carbonyl (C=O) groups is 1.